The first-order valence-electron chi connectivity index (χ1n) is 7.97. The summed E-state index contributed by atoms with van der Waals surface area (Å²) < 4.78 is 31.9. The number of carbonyl (C=O) groups is 1. The fourth-order valence-corrected chi connectivity index (χ4v) is 2.51. The average Bonchev–Trinajstić information content (AvgIpc) is 2.89. The quantitative estimate of drug-likeness (QED) is 0.694. The van der Waals surface area contributed by atoms with Crippen molar-refractivity contribution in [2.24, 2.45) is 7.05 Å². The summed E-state index contributed by atoms with van der Waals surface area (Å²) in [6.07, 6.45) is -1.15. The van der Waals surface area contributed by atoms with Gasteiger partial charge in [-0.1, -0.05) is 12.1 Å². The lowest BCUT2D eigenvalue weighted by Crippen LogP contribution is -2.35. The van der Waals surface area contributed by atoms with Gasteiger partial charge in [-0.05, 0) is 12.1 Å². The van der Waals surface area contributed by atoms with Gasteiger partial charge in [0.2, 0.25) is 0 Å². The zero-order valence-electron chi connectivity index (χ0n) is 14.9. The number of amides is 1. The summed E-state index contributed by atoms with van der Waals surface area (Å²) in [5.41, 5.74) is 0.516. The minimum Gasteiger partial charge on any atom is -0.488 e. The number of nitrogens with zero attached hydrogens (tertiary/aromatic N) is 5. The minimum absolute atomic E-state index is 0.158. The molecule has 2 aromatic heterocycles. The highest BCUT2D eigenvalue weighted by Gasteiger charge is 2.20. The van der Waals surface area contributed by atoms with Crippen LogP contribution in [0.1, 0.15) is 0 Å². The van der Waals surface area contributed by atoms with Crippen LogP contribution < -0.4 is 10.4 Å². The normalized spacial score (nSPS) is 11.2. The Morgan fingerprint density at radius 1 is 1.33 bits per heavy atom. The van der Waals surface area contributed by atoms with Crippen molar-refractivity contribution in [3.05, 3.63) is 40.9 Å². The molecule has 0 bridgehead atoms. The van der Waals surface area contributed by atoms with Crippen LogP contribution in [0.3, 0.4) is 0 Å². The van der Waals surface area contributed by atoms with Crippen molar-refractivity contribution in [3.8, 4) is 17.1 Å². The van der Waals surface area contributed by atoms with E-state index in [1.54, 1.807) is 18.2 Å². The molecule has 0 fully saturated rings. The Labute approximate surface area is 152 Å². The van der Waals surface area contributed by atoms with E-state index in [-0.39, 0.29) is 17.2 Å². The monoisotopic (exact) mass is 377 g/mol. The fourth-order valence-electron chi connectivity index (χ4n) is 2.51. The second kappa shape index (κ2) is 7.14. The molecule has 10 heteroatoms. The zero-order chi connectivity index (χ0) is 19.7. The van der Waals surface area contributed by atoms with E-state index in [1.165, 1.54) is 42.9 Å². The summed E-state index contributed by atoms with van der Waals surface area (Å²) in [6, 6.07) is 5.81. The summed E-state index contributed by atoms with van der Waals surface area (Å²) >= 11 is 0. The van der Waals surface area contributed by atoms with Crippen molar-refractivity contribution < 1.29 is 18.3 Å². The van der Waals surface area contributed by atoms with E-state index >= 15 is 0 Å². The van der Waals surface area contributed by atoms with Crippen molar-refractivity contribution in [1.29, 1.82) is 0 Å². The number of hydrogen-bond donors (Lipinski definition) is 0. The largest absolute Gasteiger partial charge is 0.488 e. The molecule has 0 radical (unpaired) electrons. The van der Waals surface area contributed by atoms with Crippen LogP contribution in [0.25, 0.3) is 22.6 Å². The molecule has 0 spiro atoms. The first kappa shape index (κ1) is 18.5. The van der Waals surface area contributed by atoms with Gasteiger partial charge in [0.15, 0.2) is 11.5 Å². The molecular weight excluding hydrogens is 360 g/mol. The molecule has 2 heterocycles. The topological polar surface area (TPSA) is 82.2 Å². The van der Waals surface area contributed by atoms with Gasteiger partial charge in [0.25, 0.3) is 6.43 Å². The van der Waals surface area contributed by atoms with Gasteiger partial charge < -0.3 is 9.64 Å². The summed E-state index contributed by atoms with van der Waals surface area (Å²) in [5, 5.41) is 0. The number of ether oxygens (including phenoxy) is 1. The van der Waals surface area contributed by atoms with E-state index in [0.29, 0.717) is 11.1 Å². The molecule has 0 saturated carbocycles. The van der Waals surface area contributed by atoms with Gasteiger partial charge in [-0.15, -0.1) is 0 Å². The van der Waals surface area contributed by atoms with Crippen LogP contribution >= 0.6 is 0 Å². The van der Waals surface area contributed by atoms with E-state index in [4.69, 9.17) is 4.74 Å². The maximum absolute atomic E-state index is 12.4. The highest BCUT2D eigenvalue weighted by Crippen LogP contribution is 2.23. The van der Waals surface area contributed by atoms with Crippen molar-refractivity contribution in [3.63, 3.8) is 0 Å². The van der Waals surface area contributed by atoms with Gasteiger partial charge in [0.05, 0.1) is 6.20 Å². The van der Waals surface area contributed by atoms with Gasteiger partial charge in [-0.3, -0.25) is 4.57 Å². The van der Waals surface area contributed by atoms with Crippen LogP contribution in [0.2, 0.25) is 0 Å². The third kappa shape index (κ3) is 3.50. The number of aromatic nitrogens is 4. The Kier molecular flexibility index (Phi) is 4.89. The van der Waals surface area contributed by atoms with Crippen LogP contribution in [-0.4, -0.2) is 57.2 Å². The molecule has 0 saturated heterocycles. The Balaban J connectivity index is 2.09. The average molecular weight is 377 g/mol. The standard InChI is InChI=1S/C17H17F2N5O3/c1-22(2)16(25)24-15-12(23(3)17(24)26)8-20-14(21-15)10-5-4-6-11(7-10)27-9-13(18)19/h4-8,13H,9H2,1-3H3. The second-order valence-electron chi connectivity index (χ2n) is 5.99. The predicted molar refractivity (Wildman–Crippen MR) is 94.2 cm³/mol. The van der Waals surface area contributed by atoms with E-state index in [1.807, 2.05) is 0 Å². The van der Waals surface area contributed by atoms with Crippen molar-refractivity contribution in [2.75, 3.05) is 20.7 Å². The molecule has 142 valence electrons. The molecule has 0 unspecified atom stereocenters. The van der Waals surface area contributed by atoms with E-state index in [2.05, 4.69) is 9.97 Å². The first-order valence-corrected chi connectivity index (χ1v) is 7.97. The maximum atomic E-state index is 12.4. The lowest BCUT2D eigenvalue weighted by molar-refractivity contribution is 0.0819. The van der Waals surface area contributed by atoms with Gasteiger partial charge in [0.1, 0.15) is 17.9 Å². The van der Waals surface area contributed by atoms with E-state index in [0.717, 1.165) is 4.57 Å². The van der Waals surface area contributed by atoms with Crippen LogP contribution in [0, 0.1) is 0 Å². The number of hydrogen-bond acceptors (Lipinski definition) is 5. The van der Waals surface area contributed by atoms with Crippen LogP contribution in [0.5, 0.6) is 5.75 Å². The third-order valence-electron chi connectivity index (χ3n) is 3.84. The number of rotatable bonds is 4. The molecule has 27 heavy (non-hydrogen) atoms. The maximum Gasteiger partial charge on any atom is 0.338 e. The number of fused-ring (bicyclic) bond motifs is 1. The Hall–Kier alpha value is -3.30. The zero-order valence-corrected chi connectivity index (χ0v) is 14.9. The minimum atomic E-state index is -2.59. The number of halogens is 2. The summed E-state index contributed by atoms with van der Waals surface area (Å²) in [4.78, 5) is 34.6. The number of imidazole rings is 1. The highest BCUT2D eigenvalue weighted by atomic mass is 19.3. The molecular formula is C17H17F2N5O3. The number of carbonyl (C=O) groups excluding carboxylic acids is 1. The highest BCUT2D eigenvalue weighted by molar-refractivity contribution is 5.87. The molecule has 0 aliphatic carbocycles. The molecule has 0 N–H and O–H groups in total. The van der Waals surface area contributed by atoms with Crippen molar-refractivity contribution >= 4 is 17.2 Å². The van der Waals surface area contributed by atoms with Gasteiger partial charge in [-0.2, -0.15) is 4.57 Å². The van der Waals surface area contributed by atoms with Crippen molar-refractivity contribution in [2.45, 2.75) is 6.43 Å². The Morgan fingerprint density at radius 3 is 2.74 bits per heavy atom. The Bertz CT molecular complexity index is 1060. The smallest absolute Gasteiger partial charge is 0.338 e. The van der Waals surface area contributed by atoms with E-state index in [9.17, 15) is 18.4 Å². The van der Waals surface area contributed by atoms with Crippen LogP contribution in [0.15, 0.2) is 35.3 Å². The first-order chi connectivity index (χ1) is 12.8. The summed E-state index contributed by atoms with van der Waals surface area (Å²) in [7, 11) is 4.57. The molecule has 0 aliphatic rings. The molecule has 0 atom stereocenters. The number of benzene rings is 1. The Morgan fingerprint density at radius 2 is 2.07 bits per heavy atom. The third-order valence-corrected chi connectivity index (χ3v) is 3.84. The SMILES string of the molecule is CN(C)C(=O)n1c(=O)n(C)c2cnc(-c3cccc(OCC(F)F)c3)nc21. The van der Waals surface area contributed by atoms with Gasteiger partial charge in [-0.25, -0.2) is 28.3 Å². The van der Waals surface area contributed by atoms with Gasteiger partial charge >= 0.3 is 11.7 Å². The summed E-state index contributed by atoms with van der Waals surface area (Å²) in [6.45, 7) is -0.723. The second-order valence-corrected chi connectivity index (χ2v) is 5.99. The molecule has 8 nitrogen and oxygen atoms in total. The van der Waals surface area contributed by atoms with Crippen molar-refractivity contribution in [1.82, 2.24) is 24.0 Å². The molecule has 1 aromatic carbocycles. The molecule has 0 aliphatic heterocycles. The fraction of sp³-hybridized carbons (Fsp3) is 0.294. The van der Waals surface area contributed by atoms with Crippen LogP contribution in [0.4, 0.5) is 13.6 Å². The molecule has 1 amide bonds. The number of aryl methyl sites for hydroxylation is 1. The lowest BCUT2D eigenvalue weighted by atomic mass is 10.2. The number of alkyl halides is 2. The molecule has 3 rings (SSSR count). The molecule has 3 aromatic rings. The predicted octanol–water partition coefficient (Wildman–Crippen LogP) is 1.97. The van der Waals surface area contributed by atoms with Gasteiger partial charge in [0, 0.05) is 26.7 Å². The van der Waals surface area contributed by atoms with Crippen LogP contribution in [-0.2, 0) is 7.05 Å². The lowest BCUT2D eigenvalue weighted by Gasteiger charge is -2.10. The van der Waals surface area contributed by atoms with E-state index < -0.39 is 24.8 Å². The summed E-state index contributed by atoms with van der Waals surface area (Å²) in [5.74, 6) is 0.474.